The molecule has 1 aromatic heterocycles. The van der Waals surface area contributed by atoms with Crippen molar-refractivity contribution in [1.29, 1.82) is 0 Å². The highest BCUT2D eigenvalue weighted by atomic mass is 19.4. The predicted molar refractivity (Wildman–Crippen MR) is 44.7 cm³/mol. The van der Waals surface area contributed by atoms with Gasteiger partial charge in [0.15, 0.2) is 0 Å². The summed E-state index contributed by atoms with van der Waals surface area (Å²) < 4.78 is 36.3. The second-order valence-corrected chi connectivity index (χ2v) is 3.05. The summed E-state index contributed by atoms with van der Waals surface area (Å²) in [7, 11) is 0. The predicted octanol–water partition coefficient (Wildman–Crippen LogP) is 2.20. The summed E-state index contributed by atoms with van der Waals surface area (Å²) in [5.74, 6) is -0.239. The van der Waals surface area contributed by atoms with Crippen molar-refractivity contribution >= 4 is 0 Å². The molecule has 0 aliphatic heterocycles. The van der Waals surface area contributed by atoms with Crippen LogP contribution >= 0.6 is 0 Å². The van der Waals surface area contributed by atoms with E-state index in [1.54, 1.807) is 6.92 Å². The van der Waals surface area contributed by atoms with Crippen LogP contribution in [0, 0.1) is 0 Å². The smallest absolute Gasteiger partial charge is 0.396 e. The Bertz CT molecular complexity index is 294. The number of halogens is 3. The van der Waals surface area contributed by atoms with Crippen LogP contribution in [0.4, 0.5) is 13.2 Å². The lowest BCUT2D eigenvalue weighted by molar-refractivity contribution is -0.137. The Morgan fingerprint density at radius 2 is 2.07 bits per heavy atom. The van der Waals surface area contributed by atoms with Gasteiger partial charge in [-0.15, -0.1) is 0 Å². The lowest BCUT2D eigenvalue weighted by Crippen LogP contribution is -2.07. The monoisotopic (exact) mass is 205 g/mol. The molecule has 0 aliphatic carbocycles. The average molecular weight is 205 g/mol. The average Bonchev–Trinajstić information content (AvgIpc) is 2.15. The van der Waals surface area contributed by atoms with E-state index in [1.165, 1.54) is 6.07 Å². The molecule has 14 heavy (non-hydrogen) atoms. The Labute approximate surface area is 79.4 Å². The van der Waals surface area contributed by atoms with Crippen molar-refractivity contribution in [3.8, 4) is 0 Å². The van der Waals surface area contributed by atoms with Gasteiger partial charge in [0.1, 0.15) is 0 Å². The Morgan fingerprint density at radius 1 is 1.43 bits per heavy atom. The van der Waals surface area contributed by atoms with Gasteiger partial charge in [-0.05, 0) is 12.1 Å². The molecule has 0 saturated carbocycles. The van der Waals surface area contributed by atoms with E-state index in [1.807, 2.05) is 0 Å². The highest BCUT2D eigenvalue weighted by molar-refractivity contribution is 5.18. The van der Waals surface area contributed by atoms with E-state index in [4.69, 9.17) is 5.11 Å². The molecule has 0 radical (unpaired) electrons. The number of hydrogen-bond donors (Lipinski definition) is 1. The van der Waals surface area contributed by atoms with Crippen molar-refractivity contribution in [1.82, 2.24) is 4.98 Å². The molecule has 1 rings (SSSR count). The van der Waals surface area contributed by atoms with Crippen LogP contribution in [-0.4, -0.2) is 16.7 Å². The van der Waals surface area contributed by atoms with Crippen molar-refractivity contribution < 1.29 is 18.3 Å². The number of pyridine rings is 1. The number of hydrogen-bond acceptors (Lipinski definition) is 2. The molecule has 0 aliphatic rings. The maximum Gasteiger partial charge on any atom is 0.417 e. The van der Waals surface area contributed by atoms with Gasteiger partial charge in [-0.25, -0.2) is 0 Å². The van der Waals surface area contributed by atoms with Crippen molar-refractivity contribution in [3.63, 3.8) is 0 Å². The van der Waals surface area contributed by atoms with Crippen molar-refractivity contribution in [2.45, 2.75) is 19.0 Å². The minimum absolute atomic E-state index is 0.127. The van der Waals surface area contributed by atoms with Gasteiger partial charge in [-0.1, -0.05) is 6.92 Å². The molecule has 2 nitrogen and oxygen atoms in total. The number of aliphatic hydroxyl groups is 1. The molecular formula is C9H10F3NO. The first-order valence-corrected chi connectivity index (χ1v) is 4.09. The molecule has 5 heteroatoms. The van der Waals surface area contributed by atoms with Crippen LogP contribution in [-0.2, 0) is 6.18 Å². The van der Waals surface area contributed by atoms with E-state index in [0.717, 1.165) is 12.3 Å². The number of nitrogens with zero attached hydrogens (tertiary/aromatic N) is 1. The maximum absolute atomic E-state index is 12.1. The normalized spacial score (nSPS) is 14.1. The number of alkyl halides is 3. The van der Waals surface area contributed by atoms with Gasteiger partial charge < -0.3 is 5.11 Å². The van der Waals surface area contributed by atoms with Crippen LogP contribution in [0.5, 0.6) is 0 Å². The van der Waals surface area contributed by atoms with Gasteiger partial charge >= 0.3 is 6.18 Å². The second-order valence-electron chi connectivity index (χ2n) is 3.05. The molecule has 1 heterocycles. The van der Waals surface area contributed by atoms with Crippen molar-refractivity contribution in [2.75, 3.05) is 6.61 Å². The van der Waals surface area contributed by atoms with E-state index in [2.05, 4.69) is 4.98 Å². The summed E-state index contributed by atoms with van der Waals surface area (Å²) in [4.78, 5) is 3.64. The third-order valence-corrected chi connectivity index (χ3v) is 1.89. The Kier molecular flexibility index (Phi) is 3.10. The zero-order chi connectivity index (χ0) is 10.8. The first kappa shape index (κ1) is 11.0. The topological polar surface area (TPSA) is 33.1 Å². The molecular weight excluding hydrogens is 195 g/mol. The number of aliphatic hydroxyl groups excluding tert-OH is 1. The first-order chi connectivity index (χ1) is 6.45. The molecule has 1 N–H and O–H groups in total. The molecule has 1 atom stereocenters. The molecule has 1 aromatic rings. The molecule has 0 saturated heterocycles. The fraction of sp³-hybridized carbons (Fsp3) is 0.444. The summed E-state index contributed by atoms with van der Waals surface area (Å²) in [5, 5.41) is 8.76. The van der Waals surface area contributed by atoms with Crippen LogP contribution in [0.15, 0.2) is 18.3 Å². The second kappa shape index (κ2) is 3.96. The van der Waals surface area contributed by atoms with E-state index in [0.29, 0.717) is 5.69 Å². The SMILES string of the molecule is CC(CO)c1ccc(C(F)(F)F)cn1. The van der Waals surface area contributed by atoms with Gasteiger partial charge in [0.25, 0.3) is 0 Å². The Morgan fingerprint density at radius 3 is 2.43 bits per heavy atom. The van der Waals surface area contributed by atoms with Gasteiger partial charge in [0.05, 0.1) is 12.2 Å². The van der Waals surface area contributed by atoms with Gasteiger partial charge in [0, 0.05) is 17.8 Å². The quantitative estimate of drug-likeness (QED) is 0.802. The minimum Gasteiger partial charge on any atom is -0.396 e. The first-order valence-electron chi connectivity index (χ1n) is 4.09. The third-order valence-electron chi connectivity index (χ3n) is 1.89. The van der Waals surface area contributed by atoms with E-state index in [9.17, 15) is 13.2 Å². The largest absolute Gasteiger partial charge is 0.417 e. The lowest BCUT2D eigenvalue weighted by atomic mass is 10.1. The fourth-order valence-electron chi connectivity index (χ4n) is 0.958. The van der Waals surface area contributed by atoms with Crippen molar-refractivity contribution in [2.24, 2.45) is 0 Å². The number of aromatic nitrogens is 1. The van der Waals surface area contributed by atoms with Gasteiger partial charge in [-0.3, -0.25) is 4.98 Å². The summed E-state index contributed by atoms with van der Waals surface area (Å²) in [6.45, 7) is 1.56. The zero-order valence-electron chi connectivity index (χ0n) is 7.54. The molecule has 0 fully saturated rings. The standard InChI is InChI=1S/C9H10F3NO/c1-6(5-14)8-3-2-7(4-13-8)9(10,11)12/h2-4,6,14H,5H2,1H3. The minimum atomic E-state index is -4.35. The zero-order valence-corrected chi connectivity index (χ0v) is 7.54. The van der Waals surface area contributed by atoms with Crippen LogP contribution in [0.3, 0.4) is 0 Å². The van der Waals surface area contributed by atoms with E-state index < -0.39 is 11.7 Å². The summed E-state index contributed by atoms with van der Waals surface area (Å²) in [6, 6.07) is 2.25. The fourth-order valence-corrected chi connectivity index (χ4v) is 0.958. The van der Waals surface area contributed by atoms with Gasteiger partial charge in [0.2, 0.25) is 0 Å². The van der Waals surface area contributed by atoms with Crippen LogP contribution in [0.25, 0.3) is 0 Å². The van der Waals surface area contributed by atoms with Crippen LogP contribution < -0.4 is 0 Å². The third kappa shape index (κ3) is 2.45. The molecule has 0 aromatic carbocycles. The summed E-state index contributed by atoms with van der Waals surface area (Å²) in [5.41, 5.74) is -0.313. The molecule has 0 amide bonds. The van der Waals surface area contributed by atoms with E-state index >= 15 is 0 Å². The Balaban J connectivity index is 2.89. The van der Waals surface area contributed by atoms with Crippen LogP contribution in [0.2, 0.25) is 0 Å². The molecule has 0 spiro atoms. The van der Waals surface area contributed by atoms with Gasteiger partial charge in [-0.2, -0.15) is 13.2 Å². The van der Waals surface area contributed by atoms with Crippen LogP contribution in [0.1, 0.15) is 24.1 Å². The highest BCUT2D eigenvalue weighted by Gasteiger charge is 2.30. The summed E-state index contributed by atoms with van der Waals surface area (Å²) in [6.07, 6.45) is -3.57. The van der Waals surface area contributed by atoms with Crippen molar-refractivity contribution in [3.05, 3.63) is 29.6 Å². The maximum atomic E-state index is 12.1. The lowest BCUT2D eigenvalue weighted by Gasteiger charge is -2.09. The Hall–Kier alpha value is -1.10. The molecule has 78 valence electrons. The number of rotatable bonds is 2. The highest BCUT2D eigenvalue weighted by Crippen LogP contribution is 2.28. The van der Waals surface area contributed by atoms with E-state index in [-0.39, 0.29) is 12.5 Å². The molecule has 0 bridgehead atoms. The molecule has 1 unspecified atom stereocenters. The summed E-state index contributed by atoms with van der Waals surface area (Å²) >= 11 is 0.